The molecule has 0 fully saturated rings. The number of carboxylic acids is 1. The lowest BCUT2D eigenvalue weighted by molar-refractivity contribution is -0.133. The predicted octanol–water partition coefficient (Wildman–Crippen LogP) is 4.77. The number of hydrogen-bond acceptors (Lipinski definition) is 2. The van der Waals surface area contributed by atoms with E-state index in [-0.39, 0.29) is 5.75 Å². The summed E-state index contributed by atoms with van der Waals surface area (Å²) in [7, 11) is 0. The van der Waals surface area contributed by atoms with Gasteiger partial charge < -0.3 is 5.11 Å². The lowest BCUT2D eigenvalue weighted by Crippen LogP contribution is -1.97. The van der Waals surface area contributed by atoms with Crippen LogP contribution in [0.2, 0.25) is 0 Å². The van der Waals surface area contributed by atoms with Crippen LogP contribution in [0, 0.1) is 0 Å². The van der Waals surface area contributed by atoms with E-state index in [0.717, 1.165) is 11.3 Å². The highest BCUT2D eigenvalue weighted by atomic mass is 32.2. The second-order valence-corrected chi connectivity index (χ2v) is 5.89. The molecular formula is C16H24O2S. The first-order valence-corrected chi connectivity index (χ1v) is 8.14. The second kappa shape index (κ2) is 9.90. The number of hydrogen-bond donors (Lipinski definition) is 1. The van der Waals surface area contributed by atoms with Gasteiger partial charge in [0.15, 0.2) is 0 Å². The molecule has 19 heavy (non-hydrogen) atoms. The summed E-state index contributed by atoms with van der Waals surface area (Å²) in [6.45, 7) is 2.24. The van der Waals surface area contributed by atoms with Crippen LogP contribution in [-0.2, 0) is 11.2 Å². The van der Waals surface area contributed by atoms with E-state index in [0.29, 0.717) is 0 Å². The Bertz CT molecular complexity index is 360. The van der Waals surface area contributed by atoms with Crippen LogP contribution in [0.3, 0.4) is 0 Å². The Kier molecular flexibility index (Phi) is 8.39. The van der Waals surface area contributed by atoms with Crippen molar-refractivity contribution in [2.75, 3.05) is 5.75 Å². The Morgan fingerprint density at radius 1 is 1.05 bits per heavy atom. The predicted molar refractivity (Wildman–Crippen MR) is 81.9 cm³/mol. The zero-order chi connectivity index (χ0) is 13.9. The first kappa shape index (κ1) is 16.1. The van der Waals surface area contributed by atoms with Crippen molar-refractivity contribution in [3.63, 3.8) is 0 Å². The lowest BCUT2D eigenvalue weighted by Gasteiger charge is -2.04. The van der Waals surface area contributed by atoms with Gasteiger partial charge in [0.05, 0.1) is 5.75 Å². The first-order valence-electron chi connectivity index (χ1n) is 7.16. The van der Waals surface area contributed by atoms with E-state index in [4.69, 9.17) is 5.11 Å². The number of rotatable bonds is 10. The minimum Gasteiger partial charge on any atom is -0.481 e. The molecule has 0 spiro atoms. The number of carboxylic acid groups (broad SMARTS) is 1. The molecule has 106 valence electrons. The molecule has 0 heterocycles. The topological polar surface area (TPSA) is 37.3 Å². The summed E-state index contributed by atoms with van der Waals surface area (Å²) in [5, 5.41) is 8.61. The van der Waals surface area contributed by atoms with Crippen molar-refractivity contribution in [3.05, 3.63) is 29.8 Å². The fourth-order valence-electron chi connectivity index (χ4n) is 2.01. The van der Waals surface area contributed by atoms with E-state index < -0.39 is 5.97 Å². The van der Waals surface area contributed by atoms with Crippen molar-refractivity contribution in [3.8, 4) is 0 Å². The summed E-state index contributed by atoms with van der Waals surface area (Å²) in [4.78, 5) is 11.5. The summed E-state index contributed by atoms with van der Waals surface area (Å²) >= 11 is 1.38. The second-order valence-electron chi connectivity index (χ2n) is 4.84. The highest BCUT2D eigenvalue weighted by Gasteiger charge is 2.00. The number of thioether (sulfide) groups is 1. The molecule has 2 nitrogen and oxygen atoms in total. The van der Waals surface area contributed by atoms with Crippen LogP contribution in [0.5, 0.6) is 0 Å². The monoisotopic (exact) mass is 280 g/mol. The van der Waals surface area contributed by atoms with Crippen LogP contribution < -0.4 is 0 Å². The van der Waals surface area contributed by atoms with Crippen molar-refractivity contribution in [2.45, 2.75) is 56.8 Å². The van der Waals surface area contributed by atoms with Gasteiger partial charge >= 0.3 is 5.97 Å². The van der Waals surface area contributed by atoms with Crippen molar-refractivity contribution in [1.82, 2.24) is 0 Å². The van der Waals surface area contributed by atoms with E-state index in [1.165, 1.54) is 55.9 Å². The van der Waals surface area contributed by atoms with Crippen molar-refractivity contribution in [1.29, 1.82) is 0 Å². The van der Waals surface area contributed by atoms with Crippen molar-refractivity contribution >= 4 is 17.7 Å². The van der Waals surface area contributed by atoms with Crippen LogP contribution in [0.1, 0.15) is 51.0 Å². The molecule has 0 unspecified atom stereocenters. The quantitative estimate of drug-likeness (QED) is 0.495. The van der Waals surface area contributed by atoms with Gasteiger partial charge in [-0.25, -0.2) is 0 Å². The molecule has 1 N–H and O–H groups in total. The molecule has 1 aromatic carbocycles. The average Bonchev–Trinajstić information content (AvgIpc) is 2.41. The molecule has 0 amide bonds. The minimum absolute atomic E-state index is 0.136. The Balaban J connectivity index is 2.19. The van der Waals surface area contributed by atoms with Crippen LogP contribution in [0.25, 0.3) is 0 Å². The third-order valence-electron chi connectivity index (χ3n) is 3.10. The summed E-state index contributed by atoms with van der Waals surface area (Å²) < 4.78 is 0. The molecule has 3 heteroatoms. The van der Waals surface area contributed by atoms with Crippen LogP contribution in [0.4, 0.5) is 0 Å². The summed E-state index contributed by atoms with van der Waals surface area (Å²) in [6, 6.07) is 8.30. The highest BCUT2D eigenvalue weighted by Crippen LogP contribution is 2.19. The normalized spacial score (nSPS) is 10.6. The number of aryl methyl sites for hydroxylation is 1. The molecule has 0 bridgehead atoms. The van der Waals surface area contributed by atoms with E-state index >= 15 is 0 Å². The Morgan fingerprint density at radius 2 is 1.68 bits per heavy atom. The van der Waals surface area contributed by atoms with Gasteiger partial charge in [-0.2, -0.15) is 0 Å². The smallest absolute Gasteiger partial charge is 0.313 e. The third-order valence-corrected chi connectivity index (χ3v) is 4.10. The van der Waals surface area contributed by atoms with E-state index in [2.05, 4.69) is 19.1 Å². The summed E-state index contributed by atoms with van der Waals surface area (Å²) in [5.74, 6) is -0.627. The summed E-state index contributed by atoms with van der Waals surface area (Å²) in [6.07, 6.45) is 9.07. The summed E-state index contributed by atoms with van der Waals surface area (Å²) in [5.41, 5.74) is 1.36. The Hall–Kier alpha value is -0.960. The van der Waals surface area contributed by atoms with Crippen molar-refractivity contribution < 1.29 is 9.90 Å². The number of unbranched alkanes of at least 4 members (excludes halogenated alkanes) is 5. The average molecular weight is 280 g/mol. The molecule has 0 aliphatic rings. The maximum Gasteiger partial charge on any atom is 0.313 e. The van der Waals surface area contributed by atoms with Crippen LogP contribution in [0.15, 0.2) is 29.2 Å². The molecular weight excluding hydrogens is 256 g/mol. The molecule has 0 aliphatic carbocycles. The Labute approximate surface area is 120 Å². The van der Waals surface area contributed by atoms with Gasteiger partial charge in [-0.3, -0.25) is 4.79 Å². The lowest BCUT2D eigenvalue weighted by atomic mass is 10.1. The fraction of sp³-hybridized carbons (Fsp3) is 0.562. The molecule has 0 saturated heterocycles. The van der Waals surface area contributed by atoms with Gasteiger partial charge in [0.1, 0.15) is 0 Å². The standard InChI is InChI=1S/C16H24O2S/c1-2-3-4-5-6-7-8-14-9-11-15(12-10-14)19-13-16(17)18/h9-12H,2-8,13H2,1H3,(H,17,18). The molecule has 1 rings (SSSR count). The highest BCUT2D eigenvalue weighted by molar-refractivity contribution is 8.00. The SMILES string of the molecule is CCCCCCCCc1ccc(SCC(=O)O)cc1. The van der Waals surface area contributed by atoms with E-state index in [1.54, 1.807) is 0 Å². The van der Waals surface area contributed by atoms with Crippen molar-refractivity contribution in [2.24, 2.45) is 0 Å². The first-order chi connectivity index (χ1) is 9.22. The van der Waals surface area contributed by atoms with Gasteiger partial charge in [0.2, 0.25) is 0 Å². The third kappa shape index (κ3) is 7.93. The Morgan fingerprint density at radius 3 is 2.32 bits per heavy atom. The van der Waals surface area contributed by atoms with E-state index in [9.17, 15) is 4.79 Å². The number of carbonyl (C=O) groups is 1. The molecule has 0 radical (unpaired) electrons. The van der Waals surface area contributed by atoms with Gasteiger partial charge in [-0.05, 0) is 30.5 Å². The maximum absolute atomic E-state index is 10.5. The van der Waals surface area contributed by atoms with Gasteiger partial charge in [-0.1, -0.05) is 51.2 Å². The van der Waals surface area contributed by atoms with Gasteiger partial charge in [-0.15, -0.1) is 11.8 Å². The minimum atomic E-state index is -0.763. The van der Waals surface area contributed by atoms with Crippen LogP contribution >= 0.6 is 11.8 Å². The number of benzene rings is 1. The largest absolute Gasteiger partial charge is 0.481 e. The zero-order valence-electron chi connectivity index (χ0n) is 11.7. The maximum atomic E-state index is 10.5. The fourth-order valence-corrected chi connectivity index (χ4v) is 2.63. The van der Waals surface area contributed by atoms with Gasteiger partial charge in [0, 0.05) is 4.90 Å². The van der Waals surface area contributed by atoms with Gasteiger partial charge in [0.25, 0.3) is 0 Å². The molecule has 0 aliphatic heterocycles. The number of aliphatic carboxylic acids is 1. The van der Waals surface area contributed by atoms with Crippen LogP contribution in [-0.4, -0.2) is 16.8 Å². The zero-order valence-corrected chi connectivity index (χ0v) is 12.5. The molecule has 0 saturated carbocycles. The molecule has 0 aromatic heterocycles. The molecule has 1 aromatic rings. The van der Waals surface area contributed by atoms with E-state index in [1.807, 2.05) is 12.1 Å². The molecule has 0 atom stereocenters.